The van der Waals surface area contributed by atoms with Crippen LogP contribution >= 0.6 is 0 Å². The molecule has 1 saturated carbocycles. The summed E-state index contributed by atoms with van der Waals surface area (Å²) in [6.45, 7) is 3.52. The number of hydrazine groups is 1. The second-order valence-corrected chi connectivity index (χ2v) is 3.52. The predicted octanol–water partition coefficient (Wildman–Crippen LogP) is 0.135. The Kier molecular flexibility index (Phi) is 3.11. The van der Waals surface area contributed by atoms with Crippen LogP contribution < -0.4 is 16.2 Å². The van der Waals surface area contributed by atoms with Crippen molar-refractivity contribution in [2.45, 2.75) is 32.7 Å². The van der Waals surface area contributed by atoms with E-state index in [-0.39, 0.29) is 17.9 Å². The van der Waals surface area contributed by atoms with Crippen molar-refractivity contribution in [1.29, 1.82) is 0 Å². The van der Waals surface area contributed by atoms with Gasteiger partial charge in [0.25, 0.3) is 0 Å². The molecule has 1 fully saturated rings. The van der Waals surface area contributed by atoms with Crippen molar-refractivity contribution in [3.05, 3.63) is 0 Å². The van der Waals surface area contributed by atoms with E-state index in [1.165, 1.54) is 0 Å². The first-order valence-corrected chi connectivity index (χ1v) is 4.46. The van der Waals surface area contributed by atoms with E-state index >= 15 is 0 Å². The Labute approximate surface area is 77.2 Å². The molecule has 0 atom stereocenters. The molecule has 0 spiro atoms. The van der Waals surface area contributed by atoms with E-state index in [2.05, 4.69) is 16.2 Å². The molecule has 3 N–H and O–H groups in total. The van der Waals surface area contributed by atoms with Crippen molar-refractivity contribution >= 4 is 11.9 Å². The van der Waals surface area contributed by atoms with Crippen molar-refractivity contribution in [2.75, 3.05) is 0 Å². The molecule has 0 bridgehead atoms. The molecule has 1 aliphatic carbocycles. The Morgan fingerprint density at radius 2 is 1.85 bits per heavy atom. The van der Waals surface area contributed by atoms with Crippen LogP contribution in [0.3, 0.4) is 0 Å². The van der Waals surface area contributed by atoms with E-state index in [4.69, 9.17) is 0 Å². The topological polar surface area (TPSA) is 70.2 Å². The molecule has 13 heavy (non-hydrogen) atoms. The smallest absolute Gasteiger partial charge is 0.333 e. The summed E-state index contributed by atoms with van der Waals surface area (Å²) >= 11 is 0. The Morgan fingerprint density at radius 3 is 2.31 bits per heavy atom. The quantitative estimate of drug-likeness (QED) is 0.535. The van der Waals surface area contributed by atoms with Crippen molar-refractivity contribution < 1.29 is 9.59 Å². The minimum absolute atomic E-state index is 0.124. The highest BCUT2D eigenvalue weighted by atomic mass is 16.2. The maximum Gasteiger partial charge on any atom is 0.333 e. The van der Waals surface area contributed by atoms with E-state index in [1.54, 1.807) is 13.8 Å². The second kappa shape index (κ2) is 4.11. The van der Waals surface area contributed by atoms with E-state index < -0.39 is 0 Å². The number of nitrogens with one attached hydrogen (secondary N) is 3. The number of carbonyl (C=O) groups excluding carboxylic acids is 2. The van der Waals surface area contributed by atoms with Gasteiger partial charge in [-0.3, -0.25) is 10.2 Å². The van der Waals surface area contributed by atoms with Gasteiger partial charge >= 0.3 is 6.03 Å². The van der Waals surface area contributed by atoms with Crippen molar-refractivity contribution in [3.8, 4) is 0 Å². The third-order valence-electron chi connectivity index (χ3n) is 1.74. The van der Waals surface area contributed by atoms with Gasteiger partial charge in [0.2, 0.25) is 5.91 Å². The van der Waals surface area contributed by atoms with E-state index in [1.807, 2.05) is 0 Å². The lowest BCUT2D eigenvalue weighted by Crippen LogP contribution is -2.48. The molecule has 0 aromatic carbocycles. The summed E-state index contributed by atoms with van der Waals surface area (Å²) in [7, 11) is 0. The zero-order valence-corrected chi connectivity index (χ0v) is 7.89. The summed E-state index contributed by atoms with van der Waals surface area (Å²) in [5.74, 6) is -0.313. The average Bonchev–Trinajstić information content (AvgIpc) is 2.83. The Bertz CT molecular complexity index is 211. The first-order valence-electron chi connectivity index (χ1n) is 4.46. The number of hydrogen-bond donors (Lipinski definition) is 3. The highest BCUT2D eigenvalue weighted by molar-refractivity contribution is 5.82. The number of amides is 3. The standard InChI is InChI=1S/C8H15N3O2/c1-5(2)7(12)10-11-8(13)9-6-3-4-6/h5-6H,3-4H2,1-2H3,(H,10,12)(H2,9,11,13). The van der Waals surface area contributed by atoms with Gasteiger partial charge in [0.05, 0.1) is 0 Å². The predicted molar refractivity (Wildman–Crippen MR) is 47.7 cm³/mol. The molecule has 3 amide bonds. The number of rotatable bonds is 2. The van der Waals surface area contributed by atoms with Gasteiger partial charge < -0.3 is 5.32 Å². The third-order valence-corrected chi connectivity index (χ3v) is 1.74. The van der Waals surface area contributed by atoms with E-state index in [9.17, 15) is 9.59 Å². The van der Waals surface area contributed by atoms with E-state index in [0.29, 0.717) is 6.04 Å². The fourth-order valence-corrected chi connectivity index (χ4v) is 0.712. The van der Waals surface area contributed by atoms with Crippen LogP contribution in [0.15, 0.2) is 0 Å². The van der Waals surface area contributed by atoms with Crippen LogP contribution in [0, 0.1) is 5.92 Å². The van der Waals surface area contributed by atoms with Gasteiger partial charge in [-0.05, 0) is 12.8 Å². The third kappa shape index (κ3) is 3.78. The monoisotopic (exact) mass is 185 g/mol. The van der Waals surface area contributed by atoms with Crippen molar-refractivity contribution in [3.63, 3.8) is 0 Å². The number of carbonyl (C=O) groups is 2. The fraction of sp³-hybridized carbons (Fsp3) is 0.750. The normalized spacial score (nSPS) is 15.3. The molecule has 1 aliphatic rings. The molecule has 0 aromatic rings. The maximum atomic E-state index is 11.0. The molecule has 5 nitrogen and oxygen atoms in total. The van der Waals surface area contributed by atoms with Gasteiger partial charge in [-0.2, -0.15) is 0 Å². The second-order valence-electron chi connectivity index (χ2n) is 3.52. The van der Waals surface area contributed by atoms with Gasteiger partial charge in [0.15, 0.2) is 0 Å². The number of urea groups is 1. The Balaban J connectivity index is 2.09. The molecular weight excluding hydrogens is 170 g/mol. The molecule has 5 heteroatoms. The van der Waals surface area contributed by atoms with Crippen LogP contribution in [-0.4, -0.2) is 18.0 Å². The minimum atomic E-state index is -0.337. The first-order chi connectivity index (χ1) is 6.09. The molecule has 0 heterocycles. The molecule has 0 saturated heterocycles. The first kappa shape index (κ1) is 9.83. The number of hydrogen-bond acceptors (Lipinski definition) is 2. The molecule has 0 aliphatic heterocycles. The zero-order chi connectivity index (χ0) is 9.84. The van der Waals surface area contributed by atoms with Crippen LogP contribution in [0.5, 0.6) is 0 Å². The molecule has 0 aromatic heterocycles. The lowest BCUT2D eigenvalue weighted by molar-refractivity contribution is -0.124. The molecule has 1 rings (SSSR count). The molecule has 0 radical (unpaired) electrons. The van der Waals surface area contributed by atoms with Gasteiger partial charge in [-0.25, -0.2) is 10.2 Å². The largest absolute Gasteiger partial charge is 0.334 e. The summed E-state index contributed by atoms with van der Waals surface area (Å²) in [6, 6.07) is -0.0348. The van der Waals surface area contributed by atoms with Gasteiger partial charge in [-0.15, -0.1) is 0 Å². The van der Waals surface area contributed by atoms with Crippen LogP contribution in [0.4, 0.5) is 4.79 Å². The summed E-state index contributed by atoms with van der Waals surface area (Å²) in [5, 5.41) is 2.68. The fourth-order valence-electron chi connectivity index (χ4n) is 0.712. The lowest BCUT2D eigenvalue weighted by atomic mass is 10.2. The van der Waals surface area contributed by atoms with Crippen LogP contribution in [0.25, 0.3) is 0 Å². The molecule has 0 unspecified atom stereocenters. The molecular formula is C8H15N3O2. The van der Waals surface area contributed by atoms with Crippen LogP contribution in [0.1, 0.15) is 26.7 Å². The van der Waals surface area contributed by atoms with Crippen LogP contribution in [-0.2, 0) is 4.79 Å². The summed E-state index contributed by atoms with van der Waals surface area (Å²) in [6.07, 6.45) is 2.07. The Morgan fingerprint density at radius 1 is 1.23 bits per heavy atom. The highest BCUT2D eigenvalue weighted by Crippen LogP contribution is 2.17. The van der Waals surface area contributed by atoms with Crippen molar-refractivity contribution in [1.82, 2.24) is 16.2 Å². The van der Waals surface area contributed by atoms with Gasteiger partial charge in [0, 0.05) is 12.0 Å². The van der Waals surface area contributed by atoms with Crippen molar-refractivity contribution in [2.24, 2.45) is 5.92 Å². The minimum Gasteiger partial charge on any atom is -0.334 e. The average molecular weight is 185 g/mol. The van der Waals surface area contributed by atoms with Gasteiger partial charge in [-0.1, -0.05) is 13.8 Å². The van der Waals surface area contributed by atoms with Gasteiger partial charge in [0.1, 0.15) is 0 Å². The summed E-state index contributed by atoms with van der Waals surface area (Å²) in [4.78, 5) is 22.0. The Hall–Kier alpha value is -1.26. The molecule has 74 valence electrons. The maximum absolute atomic E-state index is 11.0. The van der Waals surface area contributed by atoms with Crippen LogP contribution in [0.2, 0.25) is 0 Å². The van der Waals surface area contributed by atoms with E-state index in [0.717, 1.165) is 12.8 Å². The summed E-state index contributed by atoms with van der Waals surface area (Å²) in [5.41, 5.74) is 4.60. The lowest BCUT2D eigenvalue weighted by Gasteiger charge is -2.09. The highest BCUT2D eigenvalue weighted by Gasteiger charge is 2.23. The zero-order valence-electron chi connectivity index (χ0n) is 7.89. The SMILES string of the molecule is CC(C)C(=O)NNC(=O)NC1CC1. The summed E-state index contributed by atoms with van der Waals surface area (Å²) < 4.78 is 0.